The molecular formula is C23H29ClN2O2. The van der Waals surface area contributed by atoms with Gasteiger partial charge in [-0.2, -0.15) is 0 Å². The number of nitrogens with one attached hydrogen (secondary N) is 1. The molecule has 150 valence electrons. The van der Waals surface area contributed by atoms with Gasteiger partial charge in [0.05, 0.1) is 6.42 Å². The van der Waals surface area contributed by atoms with E-state index in [1.54, 1.807) is 24.0 Å². The molecule has 5 heteroatoms. The normalized spacial score (nSPS) is 11.9. The summed E-state index contributed by atoms with van der Waals surface area (Å²) >= 11 is 6.04. The topological polar surface area (TPSA) is 49.4 Å². The van der Waals surface area contributed by atoms with Crippen molar-refractivity contribution in [2.24, 2.45) is 5.92 Å². The first-order chi connectivity index (χ1) is 13.4. The van der Waals surface area contributed by atoms with E-state index in [-0.39, 0.29) is 18.2 Å². The van der Waals surface area contributed by atoms with Gasteiger partial charge in [-0.15, -0.1) is 0 Å². The molecule has 4 nitrogen and oxygen atoms in total. The van der Waals surface area contributed by atoms with Gasteiger partial charge in [0.1, 0.15) is 6.04 Å². The summed E-state index contributed by atoms with van der Waals surface area (Å²) in [4.78, 5) is 27.3. The summed E-state index contributed by atoms with van der Waals surface area (Å²) in [5.41, 5.74) is 1.98. The molecule has 1 N–H and O–H groups in total. The molecule has 2 aromatic rings. The van der Waals surface area contributed by atoms with Crippen LogP contribution in [0.2, 0.25) is 5.02 Å². The number of hydrogen-bond donors (Lipinski definition) is 1. The molecule has 0 aliphatic rings. The summed E-state index contributed by atoms with van der Waals surface area (Å²) in [5, 5.41) is 3.54. The average Bonchev–Trinajstić information content (AvgIpc) is 2.66. The number of carbonyl (C=O) groups is 2. The molecule has 1 atom stereocenters. The Balaban J connectivity index is 2.11. The van der Waals surface area contributed by atoms with E-state index in [9.17, 15) is 9.59 Å². The van der Waals surface area contributed by atoms with Gasteiger partial charge in [0, 0.05) is 18.1 Å². The van der Waals surface area contributed by atoms with Crippen LogP contribution in [-0.4, -0.2) is 35.8 Å². The van der Waals surface area contributed by atoms with E-state index in [1.807, 2.05) is 56.3 Å². The fourth-order valence-corrected chi connectivity index (χ4v) is 3.16. The van der Waals surface area contributed by atoms with Crippen molar-refractivity contribution in [1.82, 2.24) is 10.2 Å². The summed E-state index contributed by atoms with van der Waals surface area (Å²) in [6.07, 6.45) is 0.918. The van der Waals surface area contributed by atoms with E-state index in [4.69, 9.17) is 11.6 Å². The number of benzene rings is 2. The zero-order chi connectivity index (χ0) is 20.5. The fraction of sp³-hybridized carbons (Fsp3) is 0.391. The highest BCUT2D eigenvalue weighted by molar-refractivity contribution is 6.30. The van der Waals surface area contributed by atoms with Crippen LogP contribution in [0.15, 0.2) is 54.6 Å². The first-order valence-corrected chi connectivity index (χ1v) is 10.1. The van der Waals surface area contributed by atoms with Gasteiger partial charge in [-0.25, -0.2) is 0 Å². The maximum Gasteiger partial charge on any atom is 0.242 e. The minimum absolute atomic E-state index is 0.0783. The monoisotopic (exact) mass is 400 g/mol. The van der Waals surface area contributed by atoms with Crippen LogP contribution in [0, 0.1) is 5.92 Å². The summed E-state index contributed by atoms with van der Waals surface area (Å²) in [6.45, 7) is 6.96. The Hall–Kier alpha value is -2.33. The molecule has 0 saturated carbocycles. The van der Waals surface area contributed by atoms with Gasteiger partial charge < -0.3 is 10.2 Å². The number of nitrogens with zero attached hydrogens (tertiary/aromatic N) is 1. The van der Waals surface area contributed by atoms with E-state index in [1.165, 1.54) is 0 Å². The Labute approximate surface area is 172 Å². The summed E-state index contributed by atoms with van der Waals surface area (Å²) in [5.74, 6) is 0.155. The van der Waals surface area contributed by atoms with Gasteiger partial charge in [0.2, 0.25) is 11.8 Å². The molecule has 0 fully saturated rings. The zero-order valence-electron chi connectivity index (χ0n) is 16.8. The number of carbonyl (C=O) groups excluding carboxylic acids is 2. The van der Waals surface area contributed by atoms with Gasteiger partial charge >= 0.3 is 0 Å². The Morgan fingerprint density at radius 3 is 2.32 bits per heavy atom. The molecule has 0 aromatic heterocycles. The predicted octanol–water partition coefficient (Wildman–Crippen LogP) is 4.11. The lowest BCUT2D eigenvalue weighted by molar-refractivity contribution is -0.139. The van der Waals surface area contributed by atoms with E-state index >= 15 is 0 Å². The van der Waals surface area contributed by atoms with Crippen molar-refractivity contribution >= 4 is 23.4 Å². The van der Waals surface area contributed by atoms with Crippen molar-refractivity contribution in [3.63, 3.8) is 0 Å². The van der Waals surface area contributed by atoms with Crippen LogP contribution in [0.5, 0.6) is 0 Å². The largest absolute Gasteiger partial charge is 0.354 e. The number of halogens is 1. The van der Waals surface area contributed by atoms with Gasteiger partial charge in [0.15, 0.2) is 0 Å². The lowest BCUT2D eigenvalue weighted by atomic mass is 10.1. The average molecular weight is 401 g/mol. The number of amides is 2. The molecule has 0 saturated heterocycles. The summed E-state index contributed by atoms with van der Waals surface area (Å²) < 4.78 is 0. The minimum atomic E-state index is -0.533. The van der Waals surface area contributed by atoms with Gasteiger partial charge in [-0.3, -0.25) is 9.59 Å². The van der Waals surface area contributed by atoms with Crippen LogP contribution in [0.1, 0.15) is 31.9 Å². The van der Waals surface area contributed by atoms with E-state index < -0.39 is 6.04 Å². The molecule has 0 heterocycles. The molecule has 2 rings (SSSR count). The molecule has 0 aliphatic heterocycles. The van der Waals surface area contributed by atoms with Gasteiger partial charge in [-0.05, 0) is 42.5 Å². The molecule has 0 radical (unpaired) electrons. The summed E-state index contributed by atoms with van der Waals surface area (Å²) in [6, 6.07) is 16.7. The highest BCUT2D eigenvalue weighted by Gasteiger charge is 2.25. The quantitative estimate of drug-likeness (QED) is 0.688. The molecule has 2 amide bonds. The lowest BCUT2D eigenvalue weighted by Crippen LogP contribution is -2.49. The molecule has 0 aliphatic carbocycles. The highest BCUT2D eigenvalue weighted by atomic mass is 35.5. The van der Waals surface area contributed by atoms with Crippen molar-refractivity contribution < 1.29 is 9.59 Å². The van der Waals surface area contributed by atoms with E-state index in [0.29, 0.717) is 30.5 Å². The van der Waals surface area contributed by atoms with Crippen LogP contribution in [0.4, 0.5) is 0 Å². The van der Waals surface area contributed by atoms with Crippen LogP contribution < -0.4 is 5.32 Å². The van der Waals surface area contributed by atoms with Gasteiger partial charge in [0.25, 0.3) is 0 Å². The first-order valence-electron chi connectivity index (χ1n) is 9.72. The Morgan fingerprint density at radius 2 is 1.68 bits per heavy atom. The molecular weight excluding hydrogens is 372 g/mol. The molecule has 28 heavy (non-hydrogen) atoms. The van der Waals surface area contributed by atoms with Crippen molar-refractivity contribution in [2.45, 2.75) is 39.7 Å². The van der Waals surface area contributed by atoms with Crippen LogP contribution >= 0.6 is 11.6 Å². The second-order valence-electron chi connectivity index (χ2n) is 7.44. The minimum Gasteiger partial charge on any atom is -0.354 e. The molecule has 0 spiro atoms. The molecule has 2 aromatic carbocycles. The Morgan fingerprint density at radius 1 is 1.00 bits per heavy atom. The number of hydrogen-bond acceptors (Lipinski definition) is 2. The standard InChI is InChI=1S/C23H29ClN2O2/c1-17(2)16-25-23(28)18(3)26(13-12-19-8-5-4-6-9-19)22(27)15-20-10-7-11-21(24)14-20/h4-11,14,17-18H,12-13,15-16H2,1-3H3,(H,25,28)/t18-/m0/s1. The van der Waals surface area contributed by atoms with Gasteiger partial charge in [-0.1, -0.05) is 67.9 Å². The highest BCUT2D eigenvalue weighted by Crippen LogP contribution is 2.14. The van der Waals surface area contributed by atoms with Crippen molar-refractivity contribution in [3.8, 4) is 0 Å². The predicted molar refractivity (Wildman–Crippen MR) is 114 cm³/mol. The summed E-state index contributed by atoms with van der Waals surface area (Å²) in [7, 11) is 0. The van der Waals surface area contributed by atoms with E-state index in [2.05, 4.69) is 5.32 Å². The molecule has 0 bridgehead atoms. The Kier molecular flexibility index (Phi) is 8.52. The van der Waals surface area contributed by atoms with Crippen molar-refractivity contribution in [3.05, 3.63) is 70.7 Å². The third-order valence-corrected chi connectivity index (χ3v) is 4.82. The van der Waals surface area contributed by atoms with Crippen LogP contribution in [-0.2, 0) is 22.4 Å². The molecule has 0 unspecified atom stereocenters. The number of rotatable bonds is 9. The maximum atomic E-state index is 13.0. The van der Waals surface area contributed by atoms with Crippen molar-refractivity contribution in [2.75, 3.05) is 13.1 Å². The smallest absolute Gasteiger partial charge is 0.242 e. The van der Waals surface area contributed by atoms with Crippen LogP contribution in [0.3, 0.4) is 0 Å². The second kappa shape index (κ2) is 10.9. The van der Waals surface area contributed by atoms with E-state index in [0.717, 1.165) is 11.1 Å². The SMILES string of the molecule is CC(C)CNC(=O)[C@H](C)N(CCc1ccccc1)C(=O)Cc1cccc(Cl)c1. The Bertz CT molecular complexity index is 777. The lowest BCUT2D eigenvalue weighted by Gasteiger charge is -2.29. The third-order valence-electron chi connectivity index (χ3n) is 4.58. The second-order valence-corrected chi connectivity index (χ2v) is 7.88. The van der Waals surface area contributed by atoms with Crippen molar-refractivity contribution in [1.29, 1.82) is 0 Å². The first kappa shape index (κ1) is 22.0. The maximum absolute atomic E-state index is 13.0. The fourth-order valence-electron chi connectivity index (χ4n) is 2.95. The third kappa shape index (κ3) is 7.01. The van der Waals surface area contributed by atoms with Crippen LogP contribution in [0.25, 0.3) is 0 Å². The zero-order valence-corrected chi connectivity index (χ0v) is 17.6.